The second-order valence-corrected chi connectivity index (χ2v) is 5.63. The highest BCUT2D eigenvalue weighted by Crippen LogP contribution is 2.33. The van der Waals surface area contributed by atoms with Gasteiger partial charge in [0.15, 0.2) is 0 Å². The summed E-state index contributed by atoms with van der Waals surface area (Å²) in [5.41, 5.74) is 6.97. The zero-order valence-corrected chi connectivity index (χ0v) is 10.8. The van der Waals surface area contributed by atoms with Crippen LogP contribution in [0.15, 0.2) is 18.2 Å². The molecule has 1 fully saturated rings. The Hall–Kier alpha value is -0.900. The van der Waals surface area contributed by atoms with Gasteiger partial charge in [-0.05, 0) is 29.0 Å². The maximum Gasteiger partial charge on any atom is 0.0725 e. The molecule has 1 atom stereocenters. The van der Waals surface area contributed by atoms with Gasteiger partial charge in [0.25, 0.3) is 0 Å². The highest BCUT2D eigenvalue weighted by Gasteiger charge is 2.21. The van der Waals surface area contributed by atoms with E-state index in [1.54, 1.807) is 0 Å². The lowest BCUT2D eigenvalue weighted by atomic mass is 9.92. The van der Waals surface area contributed by atoms with E-state index in [-0.39, 0.29) is 0 Å². The van der Waals surface area contributed by atoms with Gasteiger partial charge in [0, 0.05) is 6.04 Å². The first-order valence-electron chi connectivity index (χ1n) is 7.02. The van der Waals surface area contributed by atoms with Gasteiger partial charge in [0.1, 0.15) is 0 Å². The predicted octanol–water partition coefficient (Wildman–Crippen LogP) is 2.80. The quantitative estimate of drug-likeness (QED) is 0.634. The first-order valence-corrected chi connectivity index (χ1v) is 7.02. The lowest BCUT2D eigenvalue weighted by Crippen LogP contribution is -2.29. The minimum absolute atomic E-state index is 0.291. The monoisotopic (exact) mass is 246 g/mol. The highest BCUT2D eigenvalue weighted by atomic mass is 16.5. The van der Waals surface area contributed by atoms with Gasteiger partial charge >= 0.3 is 0 Å². The summed E-state index contributed by atoms with van der Waals surface area (Å²) in [7, 11) is 0. The van der Waals surface area contributed by atoms with E-state index in [1.807, 2.05) is 0 Å². The fourth-order valence-corrected chi connectivity index (χ4v) is 3.29. The van der Waals surface area contributed by atoms with Crippen molar-refractivity contribution in [2.75, 3.05) is 0 Å². The Kier molecular flexibility index (Phi) is 3.64. The van der Waals surface area contributed by atoms with Crippen molar-refractivity contribution in [1.29, 1.82) is 0 Å². The lowest BCUT2D eigenvalue weighted by molar-refractivity contribution is 0.134. The molecule has 18 heavy (non-hydrogen) atoms. The van der Waals surface area contributed by atoms with Crippen molar-refractivity contribution in [3.63, 3.8) is 0 Å². The van der Waals surface area contributed by atoms with E-state index >= 15 is 0 Å². The molecule has 0 amide bonds. The normalized spacial score (nSPS) is 21.2. The topological polar surface area (TPSA) is 47.3 Å². The Morgan fingerprint density at radius 3 is 2.78 bits per heavy atom. The molecule has 0 saturated heterocycles. The average molecular weight is 246 g/mol. The van der Waals surface area contributed by atoms with Crippen molar-refractivity contribution in [1.82, 2.24) is 5.43 Å². The Balaban J connectivity index is 1.74. The van der Waals surface area contributed by atoms with Gasteiger partial charge in [0.05, 0.1) is 13.2 Å². The van der Waals surface area contributed by atoms with Crippen molar-refractivity contribution >= 4 is 0 Å². The van der Waals surface area contributed by atoms with E-state index in [0.717, 1.165) is 25.6 Å². The number of rotatable bonds is 4. The molecule has 1 heterocycles. The predicted molar refractivity (Wildman–Crippen MR) is 71.6 cm³/mol. The SMILES string of the molecule is NNC(CC1CCCC1)c1ccc2c(c1)COC2. The standard InChI is InChI=1S/C15H22N2O/c16-17-15(7-11-3-1-2-4-11)12-5-6-13-9-18-10-14(13)8-12/h5-6,8,11,15,17H,1-4,7,9-10,16H2. The molecular formula is C15H22N2O. The molecule has 3 heteroatoms. The van der Waals surface area contributed by atoms with Crippen LogP contribution in [0, 0.1) is 5.92 Å². The Labute approximate surface area is 109 Å². The molecule has 1 aromatic carbocycles. The number of hydrogen-bond donors (Lipinski definition) is 2. The maximum atomic E-state index is 5.75. The molecule has 3 N–H and O–H groups in total. The lowest BCUT2D eigenvalue weighted by Gasteiger charge is -2.20. The molecule has 3 rings (SSSR count). The van der Waals surface area contributed by atoms with Crippen LogP contribution in [0.3, 0.4) is 0 Å². The molecule has 1 unspecified atom stereocenters. The summed E-state index contributed by atoms with van der Waals surface area (Å²) in [5.74, 6) is 6.59. The molecule has 0 radical (unpaired) electrons. The van der Waals surface area contributed by atoms with Crippen LogP contribution >= 0.6 is 0 Å². The van der Waals surface area contributed by atoms with Crippen LogP contribution in [0.1, 0.15) is 54.8 Å². The second kappa shape index (κ2) is 5.39. The van der Waals surface area contributed by atoms with E-state index in [9.17, 15) is 0 Å². The van der Waals surface area contributed by atoms with Crippen LogP contribution in [0.4, 0.5) is 0 Å². The molecule has 0 bridgehead atoms. The summed E-state index contributed by atoms with van der Waals surface area (Å²) in [5, 5.41) is 0. The summed E-state index contributed by atoms with van der Waals surface area (Å²) < 4.78 is 5.47. The molecule has 1 saturated carbocycles. The first-order chi connectivity index (χ1) is 8.86. The number of nitrogens with one attached hydrogen (secondary N) is 1. The van der Waals surface area contributed by atoms with E-state index in [0.29, 0.717) is 6.04 Å². The number of hydrogen-bond acceptors (Lipinski definition) is 3. The third kappa shape index (κ3) is 2.44. The first kappa shape index (κ1) is 12.2. The molecule has 2 aliphatic rings. The molecule has 1 aromatic rings. The van der Waals surface area contributed by atoms with E-state index in [2.05, 4.69) is 23.6 Å². The smallest absolute Gasteiger partial charge is 0.0725 e. The number of fused-ring (bicyclic) bond motifs is 1. The van der Waals surface area contributed by atoms with Crippen LogP contribution in [0.5, 0.6) is 0 Å². The minimum Gasteiger partial charge on any atom is -0.372 e. The number of benzene rings is 1. The van der Waals surface area contributed by atoms with Gasteiger partial charge in [-0.2, -0.15) is 0 Å². The summed E-state index contributed by atoms with van der Waals surface area (Å²) in [6.07, 6.45) is 6.68. The van der Waals surface area contributed by atoms with Crippen LogP contribution in [0.25, 0.3) is 0 Å². The molecule has 1 aliphatic heterocycles. The number of ether oxygens (including phenoxy) is 1. The fraction of sp³-hybridized carbons (Fsp3) is 0.600. The van der Waals surface area contributed by atoms with Gasteiger partial charge in [-0.3, -0.25) is 11.3 Å². The van der Waals surface area contributed by atoms with Gasteiger partial charge in [-0.25, -0.2) is 0 Å². The summed E-state index contributed by atoms with van der Waals surface area (Å²) in [6, 6.07) is 6.95. The Morgan fingerprint density at radius 2 is 2.00 bits per heavy atom. The molecule has 0 spiro atoms. The van der Waals surface area contributed by atoms with Gasteiger partial charge in [0.2, 0.25) is 0 Å². The minimum atomic E-state index is 0.291. The van der Waals surface area contributed by atoms with Crippen molar-refractivity contribution < 1.29 is 4.74 Å². The summed E-state index contributed by atoms with van der Waals surface area (Å²) in [4.78, 5) is 0. The molecule has 1 aliphatic carbocycles. The van der Waals surface area contributed by atoms with E-state index in [1.165, 1.54) is 42.4 Å². The van der Waals surface area contributed by atoms with Crippen LogP contribution < -0.4 is 11.3 Å². The molecular weight excluding hydrogens is 224 g/mol. The third-order valence-corrected chi connectivity index (χ3v) is 4.39. The molecule has 0 aromatic heterocycles. The summed E-state index contributed by atoms with van der Waals surface area (Å²) >= 11 is 0. The average Bonchev–Trinajstić information content (AvgIpc) is 3.06. The number of nitrogens with two attached hydrogens (primary N) is 1. The zero-order chi connectivity index (χ0) is 12.4. The van der Waals surface area contributed by atoms with Crippen molar-refractivity contribution in [3.8, 4) is 0 Å². The fourth-order valence-electron chi connectivity index (χ4n) is 3.29. The van der Waals surface area contributed by atoms with Crippen molar-refractivity contribution in [3.05, 3.63) is 34.9 Å². The Bertz CT molecular complexity index is 413. The van der Waals surface area contributed by atoms with Crippen LogP contribution in [-0.4, -0.2) is 0 Å². The highest BCUT2D eigenvalue weighted by molar-refractivity contribution is 5.34. The summed E-state index contributed by atoms with van der Waals surface area (Å²) in [6.45, 7) is 1.52. The zero-order valence-electron chi connectivity index (χ0n) is 10.8. The van der Waals surface area contributed by atoms with Crippen molar-refractivity contribution in [2.45, 2.75) is 51.4 Å². The maximum absolute atomic E-state index is 5.75. The Morgan fingerprint density at radius 1 is 1.22 bits per heavy atom. The molecule has 3 nitrogen and oxygen atoms in total. The molecule has 98 valence electrons. The van der Waals surface area contributed by atoms with Gasteiger partial charge in [-0.1, -0.05) is 43.9 Å². The van der Waals surface area contributed by atoms with Gasteiger partial charge in [-0.15, -0.1) is 0 Å². The second-order valence-electron chi connectivity index (χ2n) is 5.63. The van der Waals surface area contributed by atoms with E-state index in [4.69, 9.17) is 10.6 Å². The van der Waals surface area contributed by atoms with Crippen LogP contribution in [0.2, 0.25) is 0 Å². The van der Waals surface area contributed by atoms with Crippen molar-refractivity contribution in [2.24, 2.45) is 11.8 Å². The third-order valence-electron chi connectivity index (χ3n) is 4.39. The number of hydrazine groups is 1. The van der Waals surface area contributed by atoms with Gasteiger partial charge < -0.3 is 4.74 Å². The largest absolute Gasteiger partial charge is 0.372 e. The van der Waals surface area contributed by atoms with E-state index < -0.39 is 0 Å². The van der Waals surface area contributed by atoms with Crippen LogP contribution in [-0.2, 0) is 18.0 Å².